The van der Waals surface area contributed by atoms with Crippen molar-refractivity contribution < 1.29 is 29.8 Å². The number of nitriles is 2. The molecule has 0 saturated heterocycles. The normalized spacial score (nSPS) is 17.1. The van der Waals surface area contributed by atoms with Gasteiger partial charge in [0.25, 0.3) is 0 Å². The second-order valence-corrected chi connectivity index (χ2v) is 13.5. The smallest absolute Gasteiger partial charge is 0.370 e. The van der Waals surface area contributed by atoms with Crippen LogP contribution >= 0.6 is 11.3 Å². The van der Waals surface area contributed by atoms with Gasteiger partial charge in [0.1, 0.15) is 23.1 Å². The minimum absolute atomic E-state index is 0.0354. The van der Waals surface area contributed by atoms with Crippen molar-refractivity contribution in [3.8, 4) is 12.1 Å². The van der Waals surface area contributed by atoms with E-state index in [1.165, 1.54) is 16.9 Å². The number of carbonyl (C=O) groups excluding carboxylic acids is 2. The van der Waals surface area contributed by atoms with Crippen molar-refractivity contribution in [1.29, 1.82) is 10.5 Å². The largest absolute Gasteiger partial charge is 0.462 e. The molecule has 258 valence electrons. The van der Waals surface area contributed by atoms with Gasteiger partial charge in [0.05, 0.1) is 35.8 Å². The summed E-state index contributed by atoms with van der Waals surface area (Å²) in [6, 6.07) is 20.5. The predicted octanol–water partition coefficient (Wildman–Crippen LogP) is 7.15. The van der Waals surface area contributed by atoms with Gasteiger partial charge >= 0.3 is 11.9 Å². The number of benzene rings is 2. The third-order valence-electron chi connectivity index (χ3n) is 8.92. The van der Waals surface area contributed by atoms with Crippen LogP contribution in [0.25, 0.3) is 0 Å². The fraction of sp³-hybridized carbons (Fsp3) is 0.459. The summed E-state index contributed by atoms with van der Waals surface area (Å²) >= 11 is 1.17. The molecule has 1 aliphatic rings. The Morgan fingerprint density at radius 3 is 2.35 bits per heavy atom. The molecule has 1 aliphatic carbocycles. The summed E-state index contributed by atoms with van der Waals surface area (Å²) in [4.78, 5) is 32.4. The van der Waals surface area contributed by atoms with Crippen molar-refractivity contribution in [2.45, 2.75) is 85.0 Å². The first-order chi connectivity index (χ1) is 23.6. The molecule has 1 aromatic heterocycles. The average molecular weight is 686 g/mol. The number of anilines is 1. The lowest BCUT2D eigenvalue weighted by Gasteiger charge is -2.28. The van der Waals surface area contributed by atoms with E-state index in [1.54, 1.807) is 6.92 Å². The van der Waals surface area contributed by atoms with Gasteiger partial charge in [-0.25, -0.2) is 4.79 Å². The topological polar surface area (TPSA) is 165 Å². The van der Waals surface area contributed by atoms with Gasteiger partial charge in [-0.3, -0.25) is 9.63 Å². The van der Waals surface area contributed by atoms with Gasteiger partial charge in [-0.1, -0.05) is 43.2 Å². The summed E-state index contributed by atoms with van der Waals surface area (Å²) in [6.45, 7) is 9.51. The van der Waals surface area contributed by atoms with E-state index in [2.05, 4.69) is 56.2 Å². The zero-order valence-electron chi connectivity index (χ0n) is 28.7. The van der Waals surface area contributed by atoms with Gasteiger partial charge in [0.15, 0.2) is 5.00 Å². The van der Waals surface area contributed by atoms with Crippen LogP contribution in [0.2, 0.25) is 0 Å². The Kier molecular flexibility index (Phi) is 13.8. The highest BCUT2D eigenvalue weighted by Crippen LogP contribution is 2.36. The molecule has 3 aromatic rings. The minimum Gasteiger partial charge on any atom is -0.462 e. The Hall–Kier alpha value is -4.62. The molecular weight excluding hydrogens is 641 g/mol. The fourth-order valence-electron chi connectivity index (χ4n) is 5.96. The molecule has 0 radical (unpaired) electrons. The van der Waals surface area contributed by atoms with Crippen LogP contribution in [0.3, 0.4) is 0 Å². The summed E-state index contributed by atoms with van der Waals surface area (Å²) in [6.07, 6.45) is 3.95. The SMILES string of the molecule is Cc1cc(N(CCC(C)OCCC(C)OC(=O)C2CCCCC2C(=O)O[NH3+])Cc2ccccc2)ccc1N=Nc1sc(C#N)c(C)c1C#N. The van der Waals surface area contributed by atoms with E-state index in [9.17, 15) is 20.1 Å². The molecule has 1 saturated carbocycles. The quantitative estimate of drug-likeness (QED) is 0.100. The van der Waals surface area contributed by atoms with E-state index >= 15 is 0 Å². The lowest BCUT2D eigenvalue weighted by atomic mass is 9.79. The number of carbonyl (C=O) groups is 2. The van der Waals surface area contributed by atoms with Crippen molar-refractivity contribution in [2.24, 2.45) is 22.1 Å². The number of rotatable bonds is 15. The van der Waals surface area contributed by atoms with E-state index in [-0.39, 0.29) is 18.2 Å². The molecule has 4 rings (SSSR count). The van der Waals surface area contributed by atoms with Gasteiger partial charge in [-0.05, 0) is 81.8 Å². The standard InChI is InChI=1S/C37H45N6O5S/c1-24-20-29(14-15-33(24)41-42-35-32(21-38)27(4)34(22-39)49-35)43(23-28-10-6-5-7-11-28)18-16-25(2)46-19-17-26(3)47-36(44)30-12-8-9-13-31(30)37(45)48-40/h5-7,10-11,14-15,20,25-26,30-31H,8-9,12-13,16-19,23H2,1-4,40H3/q+1. The number of quaternary nitrogens is 1. The zero-order chi connectivity index (χ0) is 35.3. The monoisotopic (exact) mass is 685 g/mol. The summed E-state index contributed by atoms with van der Waals surface area (Å²) in [5.41, 5.74) is 4.85. The van der Waals surface area contributed by atoms with E-state index in [0.29, 0.717) is 59.1 Å². The molecule has 3 N–H and O–H groups in total. The summed E-state index contributed by atoms with van der Waals surface area (Å²) < 4.78 is 11.8. The number of azo groups is 1. The van der Waals surface area contributed by atoms with Crippen molar-refractivity contribution in [3.63, 3.8) is 0 Å². The van der Waals surface area contributed by atoms with E-state index in [1.807, 2.05) is 51.1 Å². The molecule has 2 aromatic carbocycles. The Morgan fingerprint density at radius 1 is 0.980 bits per heavy atom. The molecule has 12 heteroatoms. The van der Waals surface area contributed by atoms with E-state index < -0.39 is 17.8 Å². The molecule has 1 fully saturated rings. The van der Waals surface area contributed by atoms with Crippen LogP contribution in [0, 0.1) is 48.3 Å². The Bertz CT molecular complexity index is 1700. The molecule has 11 nitrogen and oxygen atoms in total. The van der Waals surface area contributed by atoms with Gasteiger partial charge in [-0.2, -0.15) is 16.4 Å². The Balaban J connectivity index is 1.34. The fourth-order valence-corrected chi connectivity index (χ4v) is 6.84. The van der Waals surface area contributed by atoms with Crippen LogP contribution in [-0.2, 0) is 30.4 Å². The molecular formula is C37H45N6O5S+. The maximum Gasteiger partial charge on any atom is 0.370 e. The molecule has 0 spiro atoms. The number of esters is 1. The number of nitrogens with zero attached hydrogens (tertiary/aromatic N) is 5. The number of aryl methyl sites for hydroxylation is 1. The Morgan fingerprint density at radius 2 is 1.69 bits per heavy atom. The van der Waals surface area contributed by atoms with Crippen LogP contribution in [0.4, 0.5) is 16.4 Å². The van der Waals surface area contributed by atoms with Crippen LogP contribution in [0.5, 0.6) is 0 Å². The third kappa shape index (κ3) is 10.2. The van der Waals surface area contributed by atoms with Crippen molar-refractivity contribution in [1.82, 2.24) is 0 Å². The second-order valence-electron chi connectivity index (χ2n) is 12.5. The first-order valence-corrected chi connectivity index (χ1v) is 17.5. The molecule has 0 bridgehead atoms. The maximum atomic E-state index is 12.9. The number of ether oxygens (including phenoxy) is 2. The van der Waals surface area contributed by atoms with Crippen molar-refractivity contribution in [3.05, 3.63) is 75.7 Å². The predicted molar refractivity (Wildman–Crippen MR) is 186 cm³/mol. The van der Waals surface area contributed by atoms with E-state index in [4.69, 9.17) is 9.47 Å². The van der Waals surface area contributed by atoms with Crippen LogP contribution < -0.4 is 10.8 Å². The van der Waals surface area contributed by atoms with Gasteiger partial charge in [0, 0.05) is 25.2 Å². The summed E-state index contributed by atoms with van der Waals surface area (Å²) in [5, 5.41) is 28.1. The lowest BCUT2D eigenvalue weighted by Crippen LogP contribution is -2.54. The summed E-state index contributed by atoms with van der Waals surface area (Å²) in [5.74, 6) is 1.46. The summed E-state index contributed by atoms with van der Waals surface area (Å²) in [7, 11) is 0. The highest BCUT2D eigenvalue weighted by molar-refractivity contribution is 7.16. The van der Waals surface area contributed by atoms with Crippen molar-refractivity contribution in [2.75, 3.05) is 18.1 Å². The first-order valence-electron chi connectivity index (χ1n) is 16.7. The number of hydrogen-bond donors (Lipinski definition) is 1. The molecule has 0 amide bonds. The van der Waals surface area contributed by atoms with Gasteiger partial charge < -0.3 is 14.4 Å². The van der Waals surface area contributed by atoms with Gasteiger partial charge in [-0.15, -0.1) is 21.6 Å². The first kappa shape index (κ1) is 37.2. The van der Waals surface area contributed by atoms with Crippen LogP contribution in [0.1, 0.15) is 79.5 Å². The van der Waals surface area contributed by atoms with E-state index in [0.717, 1.165) is 37.1 Å². The lowest BCUT2D eigenvalue weighted by molar-refractivity contribution is -0.658. The zero-order valence-corrected chi connectivity index (χ0v) is 29.5. The Labute approximate surface area is 292 Å². The van der Waals surface area contributed by atoms with Crippen molar-refractivity contribution >= 4 is 39.7 Å². The number of hydrogen-bond acceptors (Lipinski definition) is 11. The maximum absolute atomic E-state index is 12.9. The highest BCUT2D eigenvalue weighted by Gasteiger charge is 2.39. The molecule has 0 aliphatic heterocycles. The molecule has 4 unspecified atom stereocenters. The van der Waals surface area contributed by atoms with Crippen LogP contribution in [0.15, 0.2) is 58.8 Å². The van der Waals surface area contributed by atoms with Crippen LogP contribution in [-0.4, -0.2) is 37.3 Å². The van der Waals surface area contributed by atoms with Gasteiger partial charge in [0.2, 0.25) is 0 Å². The highest BCUT2D eigenvalue weighted by atomic mass is 32.1. The molecule has 49 heavy (non-hydrogen) atoms. The number of thiophene rings is 1. The average Bonchev–Trinajstić information content (AvgIpc) is 3.43. The molecule has 1 heterocycles. The second kappa shape index (κ2) is 18.2. The minimum atomic E-state index is -0.489. The molecule has 4 atom stereocenters. The third-order valence-corrected chi connectivity index (χ3v) is 10.00.